The molecule has 0 saturated heterocycles. The minimum absolute atomic E-state index is 0.248. The van der Waals surface area contributed by atoms with E-state index in [2.05, 4.69) is 20.7 Å². The summed E-state index contributed by atoms with van der Waals surface area (Å²) < 4.78 is 1.67. The molecule has 8 heteroatoms. The van der Waals surface area contributed by atoms with E-state index in [1.54, 1.807) is 42.1 Å². The predicted molar refractivity (Wildman–Crippen MR) is 95.6 cm³/mol. The lowest BCUT2D eigenvalue weighted by molar-refractivity contribution is 0.102. The Bertz CT molecular complexity index is 975. The molecule has 0 saturated carbocycles. The van der Waals surface area contributed by atoms with Crippen molar-refractivity contribution in [2.24, 2.45) is 12.8 Å². The third-order valence-corrected chi connectivity index (χ3v) is 3.75. The van der Waals surface area contributed by atoms with E-state index in [0.717, 1.165) is 16.8 Å². The number of hydrogen-bond acceptors (Lipinski definition) is 4. The number of fused-ring (bicyclic) bond motifs is 1. The summed E-state index contributed by atoms with van der Waals surface area (Å²) in [5, 5.41) is 10.4. The van der Waals surface area contributed by atoms with Gasteiger partial charge in [0.05, 0.1) is 16.6 Å². The van der Waals surface area contributed by atoms with Gasteiger partial charge in [-0.15, -0.1) is 0 Å². The fourth-order valence-electron chi connectivity index (χ4n) is 2.73. The molecule has 2 aromatic heterocycles. The number of nitrogens with one attached hydrogen (secondary N) is 2. The van der Waals surface area contributed by atoms with Crippen LogP contribution in [0.15, 0.2) is 30.3 Å². The molecular weight excluding hydrogens is 320 g/mol. The number of anilines is 2. The van der Waals surface area contributed by atoms with Crippen molar-refractivity contribution in [1.29, 1.82) is 0 Å². The summed E-state index contributed by atoms with van der Waals surface area (Å²) in [7, 11) is 1.80. The highest BCUT2D eigenvalue weighted by molar-refractivity contribution is 6.12. The number of pyridine rings is 1. The Morgan fingerprint density at radius 2 is 1.68 bits per heavy atom. The standard InChI is InChI=1S/C17H18N6O2/c1-9-8-13(14-10(2)22-23(3)15(14)19-9)16(24)20-11-4-6-12(7-5-11)21-17(18)25/h4-8H,1-3H3,(H,20,24)(H3,18,21,25). The molecule has 4 N–H and O–H groups in total. The Hall–Kier alpha value is -3.42. The number of nitrogens with two attached hydrogens (primary N) is 1. The van der Waals surface area contributed by atoms with Gasteiger partial charge >= 0.3 is 6.03 Å². The molecule has 0 fully saturated rings. The highest BCUT2D eigenvalue weighted by Gasteiger charge is 2.17. The summed E-state index contributed by atoms with van der Waals surface area (Å²) in [6.45, 7) is 3.68. The van der Waals surface area contributed by atoms with Gasteiger partial charge in [-0.1, -0.05) is 0 Å². The monoisotopic (exact) mass is 338 g/mol. The van der Waals surface area contributed by atoms with Crippen molar-refractivity contribution in [1.82, 2.24) is 14.8 Å². The van der Waals surface area contributed by atoms with E-state index in [-0.39, 0.29) is 5.91 Å². The van der Waals surface area contributed by atoms with E-state index in [1.807, 2.05) is 13.8 Å². The number of hydrogen-bond donors (Lipinski definition) is 3. The molecule has 0 aliphatic carbocycles. The zero-order valence-corrected chi connectivity index (χ0v) is 14.1. The van der Waals surface area contributed by atoms with E-state index in [4.69, 9.17) is 5.73 Å². The van der Waals surface area contributed by atoms with Crippen molar-refractivity contribution < 1.29 is 9.59 Å². The Kier molecular flexibility index (Phi) is 4.10. The van der Waals surface area contributed by atoms with Crippen LogP contribution in [0.25, 0.3) is 11.0 Å². The third-order valence-electron chi connectivity index (χ3n) is 3.75. The molecule has 0 spiro atoms. The Balaban J connectivity index is 1.91. The number of nitrogens with zero attached hydrogens (tertiary/aromatic N) is 3. The Morgan fingerprint density at radius 3 is 2.28 bits per heavy atom. The second-order valence-corrected chi connectivity index (χ2v) is 5.74. The molecule has 0 bridgehead atoms. The van der Waals surface area contributed by atoms with Crippen LogP contribution in [-0.4, -0.2) is 26.7 Å². The maximum atomic E-state index is 12.7. The molecular formula is C17H18N6O2. The third kappa shape index (κ3) is 3.27. The van der Waals surface area contributed by atoms with Crippen LogP contribution in [0.4, 0.5) is 16.2 Å². The van der Waals surface area contributed by atoms with Crippen LogP contribution in [0, 0.1) is 13.8 Å². The number of carbonyl (C=O) groups excluding carboxylic acids is 2. The van der Waals surface area contributed by atoms with Crippen molar-refractivity contribution in [3.63, 3.8) is 0 Å². The molecule has 3 aromatic rings. The molecule has 0 atom stereocenters. The average Bonchev–Trinajstić information content (AvgIpc) is 2.82. The second kappa shape index (κ2) is 6.23. The smallest absolute Gasteiger partial charge is 0.316 e. The van der Waals surface area contributed by atoms with Crippen LogP contribution >= 0.6 is 0 Å². The largest absolute Gasteiger partial charge is 0.351 e. The molecule has 1 aromatic carbocycles. The van der Waals surface area contributed by atoms with Gasteiger partial charge in [-0.25, -0.2) is 9.78 Å². The van der Waals surface area contributed by atoms with E-state index < -0.39 is 6.03 Å². The zero-order chi connectivity index (χ0) is 18.1. The number of primary amides is 1. The summed E-state index contributed by atoms with van der Waals surface area (Å²) >= 11 is 0. The maximum absolute atomic E-state index is 12.7. The molecule has 8 nitrogen and oxygen atoms in total. The van der Waals surface area contributed by atoms with Crippen molar-refractivity contribution in [3.05, 3.63) is 47.3 Å². The van der Waals surface area contributed by atoms with E-state index in [0.29, 0.717) is 22.6 Å². The maximum Gasteiger partial charge on any atom is 0.316 e. The SMILES string of the molecule is Cc1cc(C(=O)Nc2ccc(NC(N)=O)cc2)c2c(C)nn(C)c2n1. The highest BCUT2D eigenvalue weighted by Crippen LogP contribution is 2.23. The number of urea groups is 1. The van der Waals surface area contributed by atoms with Crippen LogP contribution in [0.1, 0.15) is 21.7 Å². The lowest BCUT2D eigenvalue weighted by Crippen LogP contribution is -2.19. The summed E-state index contributed by atoms with van der Waals surface area (Å²) in [5.41, 5.74) is 8.90. The Labute approximate surface area is 144 Å². The van der Waals surface area contributed by atoms with Gasteiger partial charge in [-0.3, -0.25) is 9.48 Å². The van der Waals surface area contributed by atoms with Crippen LogP contribution in [0.5, 0.6) is 0 Å². The summed E-state index contributed by atoms with van der Waals surface area (Å²) in [6, 6.07) is 7.79. The molecule has 3 amide bonds. The fraction of sp³-hybridized carbons (Fsp3) is 0.176. The topological polar surface area (TPSA) is 115 Å². The molecule has 2 heterocycles. The summed E-state index contributed by atoms with van der Waals surface area (Å²) in [5.74, 6) is -0.248. The number of aromatic nitrogens is 3. The van der Waals surface area contributed by atoms with Gasteiger partial charge in [0.25, 0.3) is 5.91 Å². The first-order valence-electron chi connectivity index (χ1n) is 7.64. The van der Waals surface area contributed by atoms with Gasteiger partial charge in [0, 0.05) is 24.1 Å². The predicted octanol–water partition coefficient (Wildman–Crippen LogP) is 2.33. The van der Waals surface area contributed by atoms with Gasteiger partial charge in [-0.2, -0.15) is 5.10 Å². The van der Waals surface area contributed by atoms with Crippen molar-refractivity contribution in [2.45, 2.75) is 13.8 Å². The molecule has 0 unspecified atom stereocenters. The molecule has 3 rings (SSSR count). The van der Waals surface area contributed by atoms with E-state index >= 15 is 0 Å². The van der Waals surface area contributed by atoms with Gasteiger partial charge in [0.15, 0.2) is 5.65 Å². The first kappa shape index (κ1) is 16.4. The van der Waals surface area contributed by atoms with E-state index in [9.17, 15) is 9.59 Å². The molecule has 25 heavy (non-hydrogen) atoms. The quantitative estimate of drug-likeness (QED) is 0.680. The number of benzene rings is 1. The van der Waals surface area contributed by atoms with Crippen LogP contribution < -0.4 is 16.4 Å². The molecule has 0 radical (unpaired) electrons. The lowest BCUT2D eigenvalue weighted by atomic mass is 10.1. The van der Waals surface area contributed by atoms with Crippen molar-refractivity contribution in [2.75, 3.05) is 10.6 Å². The minimum Gasteiger partial charge on any atom is -0.351 e. The van der Waals surface area contributed by atoms with E-state index in [1.165, 1.54) is 0 Å². The molecule has 128 valence electrons. The van der Waals surface area contributed by atoms with Crippen molar-refractivity contribution >= 4 is 34.3 Å². The second-order valence-electron chi connectivity index (χ2n) is 5.74. The van der Waals surface area contributed by atoms with Gasteiger partial charge in [0.2, 0.25) is 0 Å². The van der Waals surface area contributed by atoms with Crippen LogP contribution in [0.2, 0.25) is 0 Å². The zero-order valence-electron chi connectivity index (χ0n) is 14.1. The van der Waals surface area contributed by atoms with Gasteiger partial charge in [-0.05, 0) is 44.2 Å². The highest BCUT2D eigenvalue weighted by atomic mass is 16.2. The number of carbonyl (C=O) groups is 2. The number of rotatable bonds is 3. The molecule has 0 aliphatic rings. The first-order valence-corrected chi connectivity index (χ1v) is 7.64. The fourth-order valence-corrected chi connectivity index (χ4v) is 2.73. The normalized spacial score (nSPS) is 10.7. The van der Waals surface area contributed by atoms with Crippen LogP contribution in [-0.2, 0) is 7.05 Å². The van der Waals surface area contributed by atoms with Gasteiger partial charge in [0.1, 0.15) is 0 Å². The number of aryl methyl sites for hydroxylation is 3. The lowest BCUT2D eigenvalue weighted by Gasteiger charge is -2.09. The van der Waals surface area contributed by atoms with Crippen LogP contribution in [0.3, 0.4) is 0 Å². The first-order chi connectivity index (χ1) is 11.8. The van der Waals surface area contributed by atoms with Crippen molar-refractivity contribution in [3.8, 4) is 0 Å². The summed E-state index contributed by atoms with van der Waals surface area (Å²) in [6.07, 6.45) is 0. The number of amides is 3. The summed E-state index contributed by atoms with van der Waals surface area (Å²) in [4.78, 5) is 28.0. The minimum atomic E-state index is -0.640. The Morgan fingerprint density at radius 1 is 1.08 bits per heavy atom. The molecule has 0 aliphatic heterocycles. The van der Waals surface area contributed by atoms with Gasteiger partial charge < -0.3 is 16.4 Å². The average molecular weight is 338 g/mol.